The number of carbonyl (C=O) groups excluding carboxylic acids is 1. The van der Waals surface area contributed by atoms with E-state index in [4.69, 9.17) is 23.2 Å². The van der Waals surface area contributed by atoms with Gasteiger partial charge in [-0.3, -0.25) is 14.5 Å². The minimum absolute atomic E-state index is 0.0733. The van der Waals surface area contributed by atoms with Crippen LogP contribution >= 0.6 is 39.1 Å². The molecule has 1 aliphatic rings. The second-order valence-electron chi connectivity index (χ2n) is 7.79. The lowest BCUT2D eigenvalue weighted by Gasteiger charge is -2.42. The molecular weight excluding hydrogens is 536 g/mol. The second kappa shape index (κ2) is 8.72. The van der Waals surface area contributed by atoms with Gasteiger partial charge in [0.15, 0.2) is 5.72 Å². The molecule has 0 saturated heterocycles. The third-order valence-electron chi connectivity index (χ3n) is 5.80. The molecule has 0 bridgehead atoms. The first kappa shape index (κ1) is 23.7. The van der Waals surface area contributed by atoms with E-state index in [0.29, 0.717) is 20.1 Å². The van der Waals surface area contributed by atoms with Crippen LogP contribution in [0.2, 0.25) is 10.0 Å². The minimum atomic E-state index is -2.30. The predicted octanol–water partition coefficient (Wildman–Crippen LogP) is 6.01. The van der Waals surface area contributed by atoms with Crippen molar-refractivity contribution >= 4 is 51.0 Å². The van der Waals surface area contributed by atoms with Crippen LogP contribution in [0.4, 0.5) is 4.39 Å². The molecule has 2 N–H and O–H groups in total. The largest absolute Gasteiger partial charge is 0.481 e. The van der Waals surface area contributed by atoms with Gasteiger partial charge in [0, 0.05) is 20.1 Å². The maximum Gasteiger partial charge on any atom is 0.308 e. The van der Waals surface area contributed by atoms with Crippen LogP contribution in [-0.2, 0) is 10.5 Å². The van der Waals surface area contributed by atoms with Crippen molar-refractivity contribution in [3.8, 4) is 0 Å². The Morgan fingerprint density at radius 1 is 1.06 bits per heavy atom. The van der Waals surface area contributed by atoms with Gasteiger partial charge in [0.1, 0.15) is 5.82 Å². The first-order valence-electron chi connectivity index (χ1n) is 9.85. The number of amides is 1. The summed E-state index contributed by atoms with van der Waals surface area (Å²) in [7, 11) is 0. The van der Waals surface area contributed by atoms with Crippen LogP contribution in [0.5, 0.6) is 0 Å². The van der Waals surface area contributed by atoms with Crippen molar-refractivity contribution in [3.05, 3.63) is 103 Å². The number of benzene rings is 3. The number of fused-ring (bicyclic) bond motifs is 1. The van der Waals surface area contributed by atoms with E-state index < -0.39 is 35.4 Å². The lowest BCUT2D eigenvalue weighted by atomic mass is 9.88. The van der Waals surface area contributed by atoms with Gasteiger partial charge in [0.25, 0.3) is 5.91 Å². The zero-order chi connectivity index (χ0) is 24.1. The average molecular weight is 553 g/mol. The zero-order valence-electron chi connectivity index (χ0n) is 17.1. The quantitative estimate of drug-likeness (QED) is 0.406. The summed E-state index contributed by atoms with van der Waals surface area (Å²) < 4.78 is 15.6. The van der Waals surface area contributed by atoms with Crippen molar-refractivity contribution in [2.75, 3.05) is 0 Å². The maximum atomic E-state index is 15.3. The molecule has 3 aromatic carbocycles. The summed E-state index contributed by atoms with van der Waals surface area (Å²) in [6.45, 7) is 1.42. The summed E-state index contributed by atoms with van der Waals surface area (Å²) >= 11 is 15.2. The fraction of sp³-hybridized carbons (Fsp3) is 0.167. The Kier molecular flexibility index (Phi) is 6.26. The van der Waals surface area contributed by atoms with Crippen LogP contribution in [-0.4, -0.2) is 27.0 Å². The van der Waals surface area contributed by atoms with Crippen LogP contribution in [0, 0.1) is 11.7 Å². The maximum absolute atomic E-state index is 15.3. The van der Waals surface area contributed by atoms with Crippen LogP contribution < -0.4 is 0 Å². The fourth-order valence-electron chi connectivity index (χ4n) is 4.24. The van der Waals surface area contributed by atoms with Crippen molar-refractivity contribution in [3.63, 3.8) is 0 Å². The number of rotatable bonds is 5. The van der Waals surface area contributed by atoms with Crippen LogP contribution in [0.25, 0.3) is 0 Å². The lowest BCUT2D eigenvalue weighted by Crippen LogP contribution is -2.49. The van der Waals surface area contributed by atoms with Gasteiger partial charge in [-0.25, -0.2) is 4.39 Å². The molecule has 33 heavy (non-hydrogen) atoms. The number of hydrogen-bond acceptors (Lipinski definition) is 3. The van der Waals surface area contributed by atoms with Gasteiger partial charge in [0.05, 0.1) is 23.1 Å². The summed E-state index contributed by atoms with van der Waals surface area (Å²) in [6.07, 6.45) is 0. The molecule has 4 rings (SSSR count). The third kappa shape index (κ3) is 3.93. The monoisotopic (exact) mass is 551 g/mol. The number of hydrogen-bond donors (Lipinski definition) is 2. The van der Waals surface area contributed by atoms with E-state index in [1.165, 1.54) is 37.3 Å². The molecule has 3 atom stereocenters. The van der Waals surface area contributed by atoms with Gasteiger partial charge in [-0.2, -0.15) is 0 Å². The van der Waals surface area contributed by atoms with E-state index in [0.717, 1.165) is 11.0 Å². The molecule has 9 heteroatoms. The Labute approximate surface area is 207 Å². The first-order chi connectivity index (χ1) is 15.6. The molecule has 0 aromatic heterocycles. The standard InChI is InChI=1S/C24H17BrCl2FNO4/c1-12(23(31)32)21(13-2-6-16(26)7-3-13)29-22(30)18-10-15(25)11-19(28)20(18)24(29,33)14-4-8-17(27)9-5-14/h2-12,21,33H,1H3,(H,31,32)/t12-,21-,24?/m0/s1. The first-order valence-corrected chi connectivity index (χ1v) is 11.4. The van der Waals surface area contributed by atoms with E-state index in [1.54, 1.807) is 24.3 Å². The molecule has 0 radical (unpaired) electrons. The summed E-state index contributed by atoms with van der Waals surface area (Å²) in [5.41, 5.74) is -2.04. The Morgan fingerprint density at radius 2 is 1.61 bits per heavy atom. The highest BCUT2D eigenvalue weighted by Gasteiger charge is 2.56. The number of carbonyl (C=O) groups is 2. The predicted molar refractivity (Wildman–Crippen MR) is 126 cm³/mol. The lowest BCUT2D eigenvalue weighted by molar-refractivity contribution is -0.147. The van der Waals surface area contributed by atoms with E-state index in [2.05, 4.69) is 15.9 Å². The number of halogens is 4. The van der Waals surface area contributed by atoms with Gasteiger partial charge in [-0.05, 0) is 48.9 Å². The Hall–Kier alpha value is -2.45. The van der Waals surface area contributed by atoms with Crippen molar-refractivity contribution in [2.24, 2.45) is 5.92 Å². The molecule has 1 heterocycles. The average Bonchev–Trinajstić information content (AvgIpc) is 2.98. The molecule has 0 fully saturated rings. The smallest absolute Gasteiger partial charge is 0.308 e. The summed E-state index contributed by atoms with van der Waals surface area (Å²) in [5, 5.41) is 22.8. The summed E-state index contributed by atoms with van der Waals surface area (Å²) in [4.78, 5) is 26.8. The van der Waals surface area contributed by atoms with E-state index in [-0.39, 0.29) is 16.7 Å². The highest BCUT2D eigenvalue weighted by atomic mass is 79.9. The van der Waals surface area contributed by atoms with Crippen molar-refractivity contribution in [1.82, 2.24) is 4.90 Å². The van der Waals surface area contributed by atoms with E-state index in [1.807, 2.05) is 0 Å². The highest BCUT2D eigenvalue weighted by molar-refractivity contribution is 9.10. The van der Waals surface area contributed by atoms with Gasteiger partial charge < -0.3 is 10.2 Å². The SMILES string of the molecule is C[C@H](C(=O)O)[C@@H](c1ccc(Cl)cc1)N1C(=O)c2cc(Br)cc(F)c2C1(O)c1ccc(Cl)cc1. The molecule has 5 nitrogen and oxygen atoms in total. The summed E-state index contributed by atoms with van der Waals surface area (Å²) in [6, 6.07) is 13.6. The van der Waals surface area contributed by atoms with Crippen LogP contribution in [0.3, 0.4) is 0 Å². The molecule has 0 saturated carbocycles. The summed E-state index contributed by atoms with van der Waals surface area (Å²) in [5.74, 6) is -3.88. The fourth-order valence-corrected chi connectivity index (χ4v) is 4.93. The van der Waals surface area contributed by atoms with Crippen molar-refractivity contribution < 1.29 is 24.2 Å². The number of carboxylic acid groups (broad SMARTS) is 1. The number of aliphatic hydroxyl groups is 1. The molecule has 3 aromatic rings. The topological polar surface area (TPSA) is 77.8 Å². The molecule has 1 amide bonds. The molecular formula is C24H17BrCl2FNO4. The minimum Gasteiger partial charge on any atom is -0.481 e. The van der Waals surface area contributed by atoms with Gasteiger partial charge in [-0.15, -0.1) is 0 Å². The van der Waals surface area contributed by atoms with Gasteiger partial charge in [-0.1, -0.05) is 63.4 Å². The van der Waals surface area contributed by atoms with E-state index in [9.17, 15) is 19.8 Å². The van der Waals surface area contributed by atoms with Crippen LogP contribution in [0.1, 0.15) is 40.0 Å². The Bertz CT molecular complexity index is 1250. The van der Waals surface area contributed by atoms with Gasteiger partial charge >= 0.3 is 5.97 Å². The number of nitrogens with zero attached hydrogens (tertiary/aromatic N) is 1. The van der Waals surface area contributed by atoms with Crippen LogP contribution in [0.15, 0.2) is 65.1 Å². The molecule has 1 unspecified atom stereocenters. The molecule has 1 aliphatic heterocycles. The molecule has 0 aliphatic carbocycles. The molecule has 170 valence electrons. The number of carboxylic acids is 1. The third-order valence-corrected chi connectivity index (χ3v) is 6.76. The zero-order valence-corrected chi connectivity index (χ0v) is 20.2. The highest BCUT2D eigenvalue weighted by Crippen LogP contribution is 2.50. The van der Waals surface area contributed by atoms with Gasteiger partial charge in [0.2, 0.25) is 0 Å². The number of aliphatic carboxylic acids is 1. The van der Waals surface area contributed by atoms with Crippen molar-refractivity contribution in [2.45, 2.75) is 18.7 Å². The Morgan fingerprint density at radius 3 is 2.15 bits per heavy atom. The second-order valence-corrected chi connectivity index (χ2v) is 9.58. The van der Waals surface area contributed by atoms with E-state index >= 15 is 4.39 Å². The van der Waals surface area contributed by atoms with Crippen molar-refractivity contribution in [1.29, 1.82) is 0 Å². The molecule has 0 spiro atoms. The normalized spacial score (nSPS) is 19.3. The Balaban J connectivity index is 2.04.